The van der Waals surface area contributed by atoms with Crippen LogP contribution in [0, 0.1) is 5.41 Å². The maximum atomic E-state index is 5.59. The smallest absolute Gasteiger partial charge is 0.0971 e. The van der Waals surface area contributed by atoms with Gasteiger partial charge >= 0.3 is 0 Å². The van der Waals surface area contributed by atoms with Crippen LogP contribution in [0.2, 0.25) is 0 Å². The van der Waals surface area contributed by atoms with Crippen molar-refractivity contribution in [3.05, 3.63) is 36.3 Å². The summed E-state index contributed by atoms with van der Waals surface area (Å²) in [7, 11) is 0. The van der Waals surface area contributed by atoms with E-state index in [0.717, 1.165) is 31.8 Å². The molecule has 0 N–H and O–H groups in total. The molecule has 0 heterocycles. The van der Waals surface area contributed by atoms with E-state index in [9.17, 15) is 0 Å². The van der Waals surface area contributed by atoms with Crippen LogP contribution in [0.15, 0.2) is 36.3 Å². The fourth-order valence-electron chi connectivity index (χ4n) is 2.15. The van der Waals surface area contributed by atoms with Crippen LogP contribution in [0.25, 0.3) is 0 Å². The lowest BCUT2D eigenvalue weighted by Gasteiger charge is -2.25. The quantitative estimate of drug-likeness (QED) is 0.432. The van der Waals surface area contributed by atoms with Gasteiger partial charge in [0.15, 0.2) is 0 Å². The first kappa shape index (κ1) is 15.9. The van der Waals surface area contributed by atoms with E-state index in [1.165, 1.54) is 19.3 Å². The highest BCUT2D eigenvalue weighted by atomic mass is 16.5. The maximum Gasteiger partial charge on any atom is 0.0971 e. The van der Waals surface area contributed by atoms with E-state index in [-0.39, 0.29) is 5.41 Å². The second kappa shape index (κ2) is 8.84. The standard InChI is InChI=1S/C17H28O2/c1-4-6-7-8-13-18-14-12-17(3)11-9-10-16(15-17)19-5-2/h9-12,14H,4-8,13,15H2,1-3H3. The monoisotopic (exact) mass is 264 g/mol. The van der Waals surface area contributed by atoms with Gasteiger partial charge in [-0.05, 0) is 25.5 Å². The molecule has 1 rings (SSSR count). The number of rotatable bonds is 9. The Bertz CT molecular complexity index is 328. The minimum absolute atomic E-state index is 0.0165. The van der Waals surface area contributed by atoms with Gasteiger partial charge in [-0.25, -0.2) is 0 Å². The van der Waals surface area contributed by atoms with E-state index in [4.69, 9.17) is 9.47 Å². The highest BCUT2D eigenvalue weighted by Crippen LogP contribution is 2.33. The molecule has 0 saturated heterocycles. The van der Waals surface area contributed by atoms with Crippen LogP contribution in [0.4, 0.5) is 0 Å². The Balaban J connectivity index is 2.27. The van der Waals surface area contributed by atoms with E-state index in [1.54, 1.807) is 0 Å². The van der Waals surface area contributed by atoms with Crippen LogP contribution in [0.1, 0.15) is 52.9 Å². The zero-order chi connectivity index (χ0) is 14.0. The van der Waals surface area contributed by atoms with E-state index in [0.29, 0.717) is 0 Å². The third-order valence-electron chi connectivity index (χ3n) is 3.30. The van der Waals surface area contributed by atoms with Gasteiger partial charge in [-0.15, -0.1) is 0 Å². The molecule has 0 aromatic heterocycles. The first-order valence-corrected chi connectivity index (χ1v) is 7.50. The van der Waals surface area contributed by atoms with Crippen LogP contribution >= 0.6 is 0 Å². The molecule has 1 aliphatic rings. The number of unbranched alkanes of at least 4 members (excludes halogenated alkanes) is 3. The van der Waals surface area contributed by atoms with Crippen molar-refractivity contribution < 1.29 is 9.47 Å². The van der Waals surface area contributed by atoms with Gasteiger partial charge in [-0.3, -0.25) is 0 Å². The van der Waals surface area contributed by atoms with Crippen molar-refractivity contribution >= 4 is 0 Å². The fourth-order valence-corrected chi connectivity index (χ4v) is 2.15. The average molecular weight is 264 g/mol. The fraction of sp³-hybridized carbons (Fsp3) is 0.647. The van der Waals surface area contributed by atoms with Gasteiger partial charge in [0.2, 0.25) is 0 Å². The second-order valence-corrected chi connectivity index (χ2v) is 5.34. The summed E-state index contributed by atoms with van der Waals surface area (Å²) in [5, 5.41) is 0. The van der Waals surface area contributed by atoms with Crippen molar-refractivity contribution in [3.8, 4) is 0 Å². The zero-order valence-corrected chi connectivity index (χ0v) is 12.7. The molecular weight excluding hydrogens is 236 g/mol. The topological polar surface area (TPSA) is 18.5 Å². The summed E-state index contributed by atoms with van der Waals surface area (Å²) in [6.07, 6.45) is 16.2. The molecule has 0 aromatic rings. The largest absolute Gasteiger partial charge is 0.501 e. The molecule has 2 nitrogen and oxygen atoms in total. The Labute approximate surface area is 118 Å². The summed E-state index contributed by atoms with van der Waals surface area (Å²) in [6, 6.07) is 0. The molecule has 0 aliphatic heterocycles. The summed E-state index contributed by atoms with van der Waals surface area (Å²) < 4.78 is 11.2. The lowest BCUT2D eigenvalue weighted by molar-refractivity contribution is 0.199. The van der Waals surface area contributed by atoms with E-state index >= 15 is 0 Å². The Morgan fingerprint density at radius 1 is 1.26 bits per heavy atom. The molecule has 0 saturated carbocycles. The van der Waals surface area contributed by atoms with Crippen molar-refractivity contribution in [2.24, 2.45) is 5.41 Å². The van der Waals surface area contributed by atoms with Crippen molar-refractivity contribution in [2.45, 2.75) is 52.9 Å². The summed E-state index contributed by atoms with van der Waals surface area (Å²) in [6.45, 7) is 8.00. The van der Waals surface area contributed by atoms with E-state index in [2.05, 4.69) is 32.1 Å². The zero-order valence-electron chi connectivity index (χ0n) is 12.7. The molecule has 0 bridgehead atoms. The average Bonchev–Trinajstić information content (AvgIpc) is 2.38. The lowest BCUT2D eigenvalue weighted by atomic mass is 9.83. The number of allylic oxidation sites excluding steroid dienone is 5. The van der Waals surface area contributed by atoms with Gasteiger partial charge in [0.1, 0.15) is 0 Å². The molecule has 2 heteroatoms. The first-order chi connectivity index (χ1) is 9.20. The normalized spacial score (nSPS) is 22.6. The minimum Gasteiger partial charge on any atom is -0.501 e. The molecule has 0 amide bonds. The van der Waals surface area contributed by atoms with Crippen LogP contribution in [-0.4, -0.2) is 13.2 Å². The number of ether oxygens (including phenoxy) is 2. The van der Waals surface area contributed by atoms with Crippen LogP contribution in [-0.2, 0) is 9.47 Å². The van der Waals surface area contributed by atoms with Gasteiger partial charge in [-0.1, -0.05) is 45.3 Å². The second-order valence-electron chi connectivity index (χ2n) is 5.34. The SMILES string of the molecule is CCCCCCOC=CC1(C)C=CC=C(OCC)C1. The molecule has 0 spiro atoms. The number of hydrogen-bond acceptors (Lipinski definition) is 2. The van der Waals surface area contributed by atoms with Gasteiger partial charge in [-0.2, -0.15) is 0 Å². The predicted molar refractivity (Wildman–Crippen MR) is 80.8 cm³/mol. The van der Waals surface area contributed by atoms with Crippen molar-refractivity contribution in [1.82, 2.24) is 0 Å². The van der Waals surface area contributed by atoms with Crippen LogP contribution in [0.5, 0.6) is 0 Å². The summed E-state index contributed by atoms with van der Waals surface area (Å²) in [4.78, 5) is 0. The van der Waals surface area contributed by atoms with Gasteiger partial charge in [0, 0.05) is 11.8 Å². The molecule has 0 radical (unpaired) electrons. The minimum atomic E-state index is 0.0165. The van der Waals surface area contributed by atoms with Gasteiger partial charge in [0.25, 0.3) is 0 Å². The van der Waals surface area contributed by atoms with E-state index < -0.39 is 0 Å². The Morgan fingerprint density at radius 3 is 2.84 bits per heavy atom. The third-order valence-corrected chi connectivity index (χ3v) is 3.30. The highest BCUT2D eigenvalue weighted by Gasteiger charge is 2.22. The molecule has 108 valence electrons. The molecular formula is C17H28O2. The molecule has 19 heavy (non-hydrogen) atoms. The predicted octanol–water partition coefficient (Wildman–Crippen LogP) is 4.98. The molecule has 0 fully saturated rings. The van der Waals surface area contributed by atoms with Crippen molar-refractivity contribution in [3.63, 3.8) is 0 Å². The van der Waals surface area contributed by atoms with Crippen molar-refractivity contribution in [1.29, 1.82) is 0 Å². The Hall–Kier alpha value is -1.18. The first-order valence-electron chi connectivity index (χ1n) is 7.50. The summed E-state index contributed by atoms with van der Waals surface area (Å²) in [5.41, 5.74) is 0.0165. The third kappa shape index (κ3) is 6.51. The molecule has 1 aliphatic carbocycles. The number of hydrogen-bond donors (Lipinski definition) is 0. The Morgan fingerprint density at radius 2 is 2.11 bits per heavy atom. The Kier molecular flexibility index (Phi) is 7.39. The van der Waals surface area contributed by atoms with Crippen molar-refractivity contribution in [2.75, 3.05) is 13.2 Å². The lowest BCUT2D eigenvalue weighted by Crippen LogP contribution is -2.14. The molecule has 1 unspecified atom stereocenters. The van der Waals surface area contributed by atoms with E-state index in [1.807, 2.05) is 19.3 Å². The molecule has 1 atom stereocenters. The highest BCUT2D eigenvalue weighted by molar-refractivity contribution is 5.24. The van der Waals surface area contributed by atoms with Crippen LogP contribution in [0.3, 0.4) is 0 Å². The van der Waals surface area contributed by atoms with Crippen LogP contribution < -0.4 is 0 Å². The van der Waals surface area contributed by atoms with Gasteiger partial charge < -0.3 is 9.47 Å². The maximum absolute atomic E-state index is 5.59. The van der Waals surface area contributed by atoms with Gasteiger partial charge in [0.05, 0.1) is 25.2 Å². The summed E-state index contributed by atoms with van der Waals surface area (Å²) >= 11 is 0. The summed E-state index contributed by atoms with van der Waals surface area (Å²) in [5.74, 6) is 1.06. The molecule has 0 aromatic carbocycles.